The molecule has 4 heteroatoms. The number of hydrogen-bond acceptors (Lipinski definition) is 3. The van der Waals surface area contributed by atoms with Crippen molar-refractivity contribution >= 4 is 38.6 Å². The molecule has 13 heavy (non-hydrogen) atoms. The monoisotopic (exact) mass is 266 g/mol. The molecule has 0 fully saturated rings. The second kappa shape index (κ2) is 5.15. The summed E-state index contributed by atoms with van der Waals surface area (Å²) in [6.45, 7) is 7.60. The Morgan fingerprint density at radius 3 is 2.15 bits per heavy atom. The normalized spacial score (nSPS) is 13.9. The van der Waals surface area contributed by atoms with E-state index in [9.17, 15) is 9.59 Å². The molecule has 0 amide bonds. The van der Waals surface area contributed by atoms with Gasteiger partial charge in [-0.1, -0.05) is 48.5 Å². The van der Waals surface area contributed by atoms with Crippen molar-refractivity contribution in [1.29, 1.82) is 0 Å². The lowest BCUT2D eigenvalue weighted by Crippen LogP contribution is -2.17. The molecule has 0 spiro atoms. The summed E-state index contributed by atoms with van der Waals surface area (Å²) in [5, 5.41) is -0.0520. The largest absolute Gasteiger partial charge is 0.298 e. The highest BCUT2D eigenvalue weighted by molar-refractivity contribution is 9.10. The van der Waals surface area contributed by atoms with Crippen molar-refractivity contribution in [2.45, 2.75) is 43.7 Å². The smallest absolute Gasteiger partial charge is 0.196 e. The number of carbonyl (C=O) groups excluding carboxylic acids is 2. The summed E-state index contributed by atoms with van der Waals surface area (Å²) in [6, 6.07) is 0. The number of rotatable bonds is 3. The van der Waals surface area contributed by atoms with Gasteiger partial charge in [-0.15, -0.1) is 0 Å². The lowest BCUT2D eigenvalue weighted by molar-refractivity contribution is -0.122. The standard InChI is InChI=1S/C9H15BrO2S/c1-6(10)7(11)5-8(12)13-9(2,3)4/h6H,5H2,1-4H3/t6-/m1/s1. The van der Waals surface area contributed by atoms with E-state index in [0.717, 1.165) is 0 Å². The minimum Gasteiger partial charge on any atom is -0.298 e. The van der Waals surface area contributed by atoms with Crippen LogP contribution in [-0.4, -0.2) is 20.5 Å². The van der Waals surface area contributed by atoms with E-state index < -0.39 is 0 Å². The van der Waals surface area contributed by atoms with Crippen LogP contribution in [0.4, 0.5) is 0 Å². The van der Waals surface area contributed by atoms with Crippen LogP contribution >= 0.6 is 27.7 Å². The Kier molecular flexibility index (Phi) is 5.22. The molecule has 0 radical (unpaired) electrons. The Hall–Kier alpha value is 0.170. The van der Waals surface area contributed by atoms with Gasteiger partial charge in [0.1, 0.15) is 0 Å². The number of Topliss-reactive ketones (excluding diaryl/α,β-unsaturated/α-hetero) is 1. The van der Waals surface area contributed by atoms with Gasteiger partial charge < -0.3 is 0 Å². The van der Waals surface area contributed by atoms with Crippen LogP contribution < -0.4 is 0 Å². The molecular formula is C9H15BrO2S. The first-order chi connectivity index (χ1) is 5.72. The maximum atomic E-state index is 11.3. The van der Waals surface area contributed by atoms with Crippen molar-refractivity contribution in [3.8, 4) is 0 Å². The van der Waals surface area contributed by atoms with Crippen molar-refractivity contribution in [3.05, 3.63) is 0 Å². The Balaban J connectivity index is 3.96. The number of thioether (sulfide) groups is 1. The van der Waals surface area contributed by atoms with Gasteiger partial charge in [0.15, 0.2) is 10.9 Å². The van der Waals surface area contributed by atoms with Crippen LogP contribution in [0.3, 0.4) is 0 Å². The molecule has 0 aliphatic heterocycles. The molecule has 0 unspecified atom stereocenters. The highest BCUT2D eigenvalue weighted by Gasteiger charge is 2.20. The minimum atomic E-state index is -0.225. The summed E-state index contributed by atoms with van der Waals surface area (Å²) < 4.78 is -0.104. The van der Waals surface area contributed by atoms with Crippen molar-refractivity contribution in [2.75, 3.05) is 0 Å². The molecule has 76 valence electrons. The van der Waals surface area contributed by atoms with E-state index in [1.807, 2.05) is 20.8 Å². The third-order valence-corrected chi connectivity index (χ3v) is 2.68. The first kappa shape index (κ1) is 13.2. The average molecular weight is 267 g/mol. The molecule has 0 aliphatic carbocycles. The van der Waals surface area contributed by atoms with Gasteiger partial charge in [0.05, 0.1) is 11.2 Å². The zero-order chi connectivity index (χ0) is 10.6. The van der Waals surface area contributed by atoms with Crippen LogP contribution in [0.1, 0.15) is 34.1 Å². The van der Waals surface area contributed by atoms with E-state index in [-0.39, 0.29) is 26.9 Å². The molecule has 0 bridgehead atoms. The number of halogens is 1. The molecule has 0 saturated heterocycles. The van der Waals surface area contributed by atoms with E-state index in [4.69, 9.17) is 0 Å². The molecule has 0 heterocycles. The van der Waals surface area contributed by atoms with E-state index in [0.29, 0.717) is 0 Å². The van der Waals surface area contributed by atoms with E-state index in [2.05, 4.69) is 15.9 Å². The second-order valence-electron chi connectivity index (χ2n) is 3.85. The molecule has 2 nitrogen and oxygen atoms in total. The predicted octanol–water partition coefficient (Wildman–Crippen LogP) is 2.79. The third kappa shape index (κ3) is 7.26. The molecular weight excluding hydrogens is 252 g/mol. The Morgan fingerprint density at radius 2 is 1.85 bits per heavy atom. The Morgan fingerprint density at radius 1 is 1.38 bits per heavy atom. The number of alkyl halides is 1. The van der Waals surface area contributed by atoms with Gasteiger partial charge in [0.2, 0.25) is 0 Å². The number of hydrogen-bond donors (Lipinski definition) is 0. The van der Waals surface area contributed by atoms with Crippen LogP contribution in [-0.2, 0) is 9.59 Å². The summed E-state index contributed by atoms with van der Waals surface area (Å²) >= 11 is 4.36. The van der Waals surface area contributed by atoms with Crippen molar-refractivity contribution < 1.29 is 9.59 Å². The molecule has 0 aromatic rings. The molecule has 0 aliphatic rings. The van der Waals surface area contributed by atoms with Crippen LogP contribution in [0.2, 0.25) is 0 Å². The lowest BCUT2D eigenvalue weighted by Gasteiger charge is -2.15. The summed E-state index contributed by atoms with van der Waals surface area (Å²) in [5.41, 5.74) is 0. The second-order valence-corrected chi connectivity index (χ2v) is 7.10. The molecule has 1 atom stereocenters. The van der Waals surface area contributed by atoms with Gasteiger partial charge in [-0.05, 0) is 6.92 Å². The van der Waals surface area contributed by atoms with E-state index in [1.165, 1.54) is 11.8 Å². The fourth-order valence-electron chi connectivity index (χ4n) is 0.660. The zero-order valence-electron chi connectivity index (χ0n) is 8.39. The van der Waals surface area contributed by atoms with Crippen molar-refractivity contribution in [1.82, 2.24) is 0 Å². The maximum absolute atomic E-state index is 11.3. The van der Waals surface area contributed by atoms with E-state index in [1.54, 1.807) is 6.92 Å². The van der Waals surface area contributed by atoms with Gasteiger partial charge >= 0.3 is 0 Å². The SMILES string of the molecule is C[C@@H](Br)C(=O)CC(=O)SC(C)(C)C. The van der Waals surface area contributed by atoms with Crippen LogP contribution in [0.25, 0.3) is 0 Å². The molecule has 0 rings (SSSR count). The van der Waals surface area contributed by atoms with Crippen LogP contribution in [0.5, 0.6) is 0 Å². The number of carbonyl (C=O) groups is 2. The number of ketones is 1. The van der Waals surface area contributed by atoms with Crippen LogP contribution in [0, 0.1) is 0 Å². The van der Waals surface area contributed by atoms with Gasteiger partial charge in [-0.25, -0.2) is 0 Å². The van der Waals surface area contributed by atoms with Crippen molar-refractivity contribution in [2.24, 2.45) is 0 Å². The average Bonchev–Trinajstić information content (AvgIpc) is 1.81. The fraction of sp³-hybridized carbons (Fsp3) is 0.778. The summed E-state index contributed by atoms with van der Waals surface area (Å²) in [7, 11) is 0. The van der Waals surface area contributed by atoms with E-state index >= 15 is 0 Å². The topological polar surface area (TPSA) is 34.1 Å². The summed E-state index contributed by atoms with van der Waals surface area (Å²) in [4.78, 5) is 22.2. The summed E-state index contributed by atoms with van der Waals surface area (Å²) in [5.74, 6) is -0.0539. The van der Waals surface area contributed by atoms with Crippen molar-refractivity contribution in [3.63, 3.8) is 0 Å². The van der Waals surface area contributed by atoms with Gasteiger partial charge in [0, 0.05) is 4.75 Å². The quantitative estimate of drug-likeness (QED) is 0.582. The lowest BCUT2D eigenvalue weighted by atomic mass is 10.2. The minimum absolute atomic E-state index is 0.0222. The van der Waals surface area contributed by atoms with Gasteiger partial charge in [-0.3, -0.25) is 9.59 Å². The molecule has 0 saturated carbocycles. The highest BCUT2D eigenvalue weighted by atomic mass is 79.9. The molecule has 0 aromatic carbocycles. The molecule has 0 aromatic heterocycles. The van der Waals surface area contributed by atoms with Gasteiger partial charge in [-0.2, -0.15) is 0 Å². The summed E-state index contributed by atoms with van der Waals surface area (Å²) in [6.07, 6.45) is 0.0222. The Bertz CT molecular complexity index is 206. The third-order valence-electron chi connectivity index (χ3n) is 1.18. The highest BCUT2D eigenvalue weighted by Crippen LogP contribution is 2.25. The molecule has 0 N–H and O–H groups in total. The van der Waals surface area contributed by atoms with Crippen LogP contribution in [0.15, 0.2) is 0 Å². The Labute approximate surface area is 92.0 Å². The first-order valence-electron chi connectivity index (χ1n) is 4.11. The predicted molar refractivity (Wildman–Crippen MR) is 60.4 cm³/mol. The maximum Gasteiger partial charge on any atom is 0.196 e. The van der Waals surface area contributed by atoms with Gasteiger partial charge in [0.25, 0.3) is 0 Å². The zero-order valence-corrected chi connectivity index (χ0v) is 10.8. The fourth-order valence-corrected chi connectivity index (χ4v) is 1.72. The first-order valence-corrected chi connectivity index (χ1v) is 5.84.